The monoisotopic (exact) mass is 756 g/mol. The van der Waals surface area contributed by atoms with Crippen LogP contribution in [0.15, 0.2) is 0 Å². The normalized spacial score (nSPS) is 5.79. The zero-order valence-corrected chi connectivity index (χ0v) is 26.5. The van der Waals surface area contributed by atoms with Gasteiger partial charge in [0.15, 0.2) is 0 Å². The second-order valence-corrected chi connectivity index (χ2v) is 3.67. The summed E-state index contributed by atoms with van der Waals surface area (Å²) in [6, 6.07) is 0. The van der Waals surface area contributed by atoms with Crippen molar-refractivity contribution in [3.63, 3.8) is 0 Å². The summed E-state index contributed by atoms with van der Waals surface area (Å²) in [6.07, 6.45) is 3.89. The van der Waals surface area contributed by atoms with Crippen LogP contribution in [0.3, 0.4) is 0 Å². The molecule has 6 nitrogen and oxygen atoms in total. The van der Waals surface area contributed by atoms with Crippen molar-refractivity contribution >= 4 is 0 Å². The van der Waals surface area contributed by atoms with Crippen molar-refractivity contribution < 1.29 is 97.7 Å². The Balaban J connectivity index is -0.0000000154. The second kappa shape index (κ2) is 102. The van der Waals surface area contributed by atoms with Crippen molar-refractivity contribution in [2.45, 2.75) is 27.7 Å². The topological polar surface area (TPSA) is 119 Å². The summed E-state index contributed by atoms with van der Waals surface area (Å²) in [5, 5.41) is 0. The summed E-state index contributed by atoms with van der Waals surface area (Å²) >= 11 is 0. The molecule has 0 unspecified atom stereocenters. The molecule has 0 saturated heterocycles. The van der Waals surface area contributed by atoms with Crippen LogP contribution < -0.4 is 0 Å². The van der Waals surface area contributed by atoms with Crippen LogP contribution in [0.1, 0.15) is 27.7 Å². The van der Waals surface area contributed by atoms with Crippen molar-refractivity contribution in [3.05, 3.63) is 104 Å². The Morgan fingerprint density at radius 1 is 0.448 bits per heavy atom. The Labute approximate surface area is 227 Å². The summed E-state index contributed by atoms with van der Waals surface area (Å²) in [4.78, 5) is 0. The van der Waals surface area contributed by atoms with Crippen LogP contribution in [0.25, 0.3) is 0 Å². The molecule has 152 valence electrons. The van der Waals surface area contributed by atoms with Crippen molar-refractivity contribution in [1.29, 1.82) is 0 Å². The molecule has 0 aromatic carbocycles. The molecule has 0 aromatic heterocycles. The maximum Gasteiger partial charge on any atom is 0 e. The predicted molar refractivity (Wildman–Crippen MR) is 89.3 cm³/mol. The van der Waals surface area contributed by atoms with Crippen LogP contribution in [-0.2, 0) is 97.7 Å². The van der Waals surface area contributed by atoms with E-state index in [4.69, 9.17) is 27.9 Å². The third-order valence-corrected chi connectivity index (χ3v) is 0.986. The first-order valence-corrected chi connectivity index (χ1v) is 5.79. The SMILES string of the molecule is [C-]#[O+].[C-]#[O+].[C-]#[O+].[C-]#[O+].[C-]#[O+].[C-]#[O+].[CH2][C](C)[CH][C]([CH2])C.[CH2][C](C)[CH][C]([CH2])C.[Hg].[Mo].[Mo]. The van der Waals surface area contributed by atoms with Crippen LogP contribution >= 0.6 is 0 Å². The van der Waals surface area contributed by atoms with Gasteiger partial charge in [0.05, 0.1) is 0 Å². The summed E-state index contributed by atoms with van der Waals surface area (Å²) in [7, 11) is 0. The predicted octanol–water partition coefficient (Wildman–Crippen LogP) is 3.86. The first-order valence-electron chi connectivity index (χ1n) is 5.79. The second-order valence-electron chi connectivity index (χ2n) is 3.67. The van der Waals surface area contributed by atoms with Gasteiger partial charge in [0.2, 0.25) is 0 Å². The molecule has 0 N–H and O–H groups in total. The molecule has 0 heterocycles. The van der Waals surface area contributed by atoms with E-state index in [2.05, 4.69) is 67.6 Å². The van der Waals surface area contributed by atoms with Gasteiger partial charge in [-0.3, -0.25) is 0 Å². The zero-order chi connectivity index (χ0) is 23.7. The fourth-order valence-electron chi connectivity index (χ4n) is 0.841. The summed E-state index contributed by atoms with van der Waals surface area (Å²) < 4.78 is 45.0. The number of hydrogen-bond acceptors (Lipinski definition) is 0. The van der Waals surface area contributed by atoms with E-state index in [9.17, 15) is 0 Å². The third-order valence-electron chi connectivity index (χ3n) is 0.986. The first kappa shape index (κ1) is 69.9. The zero-order valence-electron chi connectivity index (χ0n) is 17.0. The minimum absolute atomic E-state index is 0. The molecule has 10 radical (unpaired) electrons. The Bertz CT molecular complexity index is 248. The Kier molecular flexibility index (Phi) is 245. The number of hydrogen-bond donors (Lipinski definition) is 0. The number of rotatable bonds is 4. The average molecular weight is 751 g/mol. The standard InChI is InChI=1S/2C7H11.6CO.Hg.2Mo/c2*1-6(2)5-7(3)4;6*1-2;;;/h2*5H,1,3H2,2,4H3;;;;;;;;;. The van der Waals surface area contributed by atoms with E-state index in [1.807, 2.05) is 40.5 Å². The van der Waals surface area contributed by atoms with Gasteiger partial charge in [-0.05, 0) is 64.2 Å². The van der Waals surface area contributed by atoms with Crippen LogP contribution in [0.2, 0.25) is 0 Å². The van der Waals surface area contributed by atoms with Gasteiger partial charge < -0.3 is 0 Å². The van der Waals surface area contributed by atoms with E-state index in [-0.39, 0.29) is 69.8 Å². The fourth-order valence-corrected chi connectivity index (χ4v) is 0.841. The van der Waals surface area contributed by atoms with Crippen molar-refractivity contribution in [3.8, 4) is 0 Å². The van der Waals surface area contributed by atoms with Gasteiger partial charge >= 0.3 is 67.8 Å². The maximum absolute atomic E-state index is 7.50. The van der Waals surface area contributed by atoms with Gasteiger partial charge in [-0.25, -0.2) is 0 Å². The quantitative estimate of drug-likeness (QED) is 0.236. The Morgan fingerprint density at radius 3 is 0.517 bits per heavy atom. The van der Waals surface area contributed by atoms with Gasteiger partial charge in [0.1, 0.15) is 0 Å². The van der Waals surface area contributed by atoms with E-state index < -0.39 is 0 Å². The van der Waals surface area contributed by atoms with Crippen LogP contribution in [-0.4, -0.2) is 0 Å². The van der Waals surface area contributed by atoms with E-state index in [1.54, 1.807) is 0 Å². The molecular formula is C20H22HgMo2O6. The Hall–Kier alpha value is 0.752. The van der Waals surface area contributed by atoms with Crippen molar-refractivity contribution in [1.82, 2.24) is 0 Å². The van der Waals surface area contributed by atoms with Gasteiger partial charge in [-0.2, -0.15) is 0 Å². The van der Waals surface area contributed by atoms with Crippen LogP contribution in [0.4, 0.5) is 0 Å². The van der Waals surface area contributed by atoms with E-state index in [1.165, 1.54) is 0 Å². The third kappa shape index (κ3) is 269. The molecule has 0 bridgehead atoms. The largest absolute Gasteiger partial charge is 0.0588 e. The van der Waals surface area contributed by atoms with E-state index >= 15 is 0 Å². The van der Waals surface area contributed by atoms with Gasteiger partial charge in [-0.1, -0.05) is 27.7 Å². The molecule has 0 fully saturated rings. The molecule has 0 amide bonds. The van der Waals surface area contributed by atoms with E-state index in [0.717, 1.165) is 23.7 Å². The van der Waals surface area contributed by atoms with Gasteiger partial charge in [0.25, 0.3) is 0 Å². The van der Waals surface area contributed by atoms with Gasteiger partial charge in [0, 0.05) is 69.8 Å². The molecule has 0 saturated carbocycles. The summed E-state index contributed by atoms with van der Waals surface area (Å²) in [6.45, 7) is 49.5. The Morgan fingerprint density at radius 2 is 0.517 bits per heavy atom. The summed E-state index contributed by atoms with van der Waals surface area (Å²) in [5.74, 6) is 4.25. The summed E-state index contributed by atoms with van der Waals surface area (Å²) in [5.41, 5.74) is 0. The minimum Gasteiger partial charge on any atom is -0.0588 e. The molecule has 0 spiro atoms. The first-order chi connectivity index (χ1) is 12.3. The van der Waals surface area contributed by atoms with Gasteiger partial charge in [-0.15, -0.1) is 0 Å². The fraction of sp³-hybridized carbons (Fsp3) is 0.200. The molecule has 29 heavy (non-hydrogen) atoms. The molecular weight excluding hydrogens is 729 g/mol. The minimum atomic E-state index is 0. The molecule has 0 aliphatic heterocycles. The van der Waals surface area contributed by atoms with Crippen molar-refractivity contribution in [2.24, 2.45) is 0 Å². The maximum atomic E-state index is 7.50. The van der Waals surface area contributed by atoms with Crippen LogP contribution in [0, 0.1) is 104 Å². The van der Waals surface area contributed by atoms with E-state index in [0.29, 0.717) is 0 Å². The van der Waals surface area contributed by atoms with Crippen LogP contribution in [0.5, 0.6) is 0 Å². The molecule has 0 aliphatic carbocycles. The average Bonchev–Trinajstić information content (AvgIpc) is 2.63. The molecule has 0 aliphatic rings. The smallest absolute Gasteiger partial charge is 0 e. The molecule has 0 atom stereocenters. The molecule has 0 rings (SSSR count). The molecule has 9 heteroatoms. The molecule has 0 aromatic rings. The van der Waals surface area contributed by atoms with Crippen molar-refractivity contribution in [2.75, 3.05) is 0 Å².